The first-order chi connectivity index (χ1) is 19.7. The van der Waals surface area contributed by atoms with E-state index in [2.05, 4.69) is 15.5 Å². The SMILES string of the molecule is COc1cc(C(C)(C)c2nnc([C@H](CCC(=O)O)NC(=O)c3ccc(-c4ccccc4)cc3)o2)cc(OC)c1OC. The molecule has 0 aliphatic heterocycles. The van der Waals surface area contributed by atoms with Gasteiger partial charge in [-0.25, -0.2) is 0 Å². The van der Waals surface area contributed by atoms with Crippen molar-refractivity contribution >= 4 is 11.9 Å². The minimum absolute atomic E-state index is 0.0649. The summed E-state index contributed by atoms with van der Waals surface area (Å²) in [7, 11) is 4.59. The third-order valence-electron chi connectivity index (χ3n) is 6.87. The maximum atomic E-state index is 13.2. The van der Waals surface area contributed by atoms with E-state index in [1.807, 2.05) is 56.3 Å². The summed E-state index contributed by atoms with van der Waals surface area (Å²) in [5.41, 5.74) is 2.38. The summed E-state index contributed by atoms with van der Waals surface area (Å²) < 4.78 is 22.5. The van der Waals surface area contributed by atoms with Crippen LogP contribution in [0.15, 0.2) is 71.1 Å². The van der Waals surface area contributed by atoms with Crippen molar-refractivity contribution < 1.29 is 33.3 Å². The highest BCUT2D eigenvalue weighted by Crippen LogP contribution is 2.43. The number of hydrogen-bond acceptors (Lipinski definition) is 8. The first-order valence-corrected chi connectivity index (χ1v) is 13.0. The number of nitrogens with zero attached hydrogens (tertiary/aromatic N) is 2. The summed E-state index contributed by atoms with van der Waals surface area (Å²) in [6, 6.07) is 19.8. The van der Waals surface area contributed by atoms with E-state index >= 15 is 0 Å². The van der Waals surface area contributed by atoms with Crippen LogP contribution < -0.4 is 19.5 Å². The van der Waals surface area contributed by atoms with Crippen molar-refractivity contribution in [3.63, 3.8) is 0 Å². The number of rotatable bonds is 12. The molecule has 0 fully saturated rings. The average molecular weight is 560 g/mol. The monoisotopic (exact) mass is 559 g/mol. The largest absolute Gasteiger partial charge is 0.493 e. The maximum Gasteiger partial charge on any atom is 0.303 e. The number of carboxylic acids is 1. The number of benzene rings is 3. The van der Waals surface area contributed by atoms with Crippen LogP contribution in [0.1, 0.15) is 60.4 Å². The molecule has 10 nitrogen and oxygen atoms in total. The van der Waals surface area contributed by atoms with E-state index in [-0.39, 0.29) is 30.5 Å². The molecule has 214 valence electrons. The smallest absolute Gasteiger partial charge is 0.303 e. The van der Waals surface area contributed by atoms with Gasteiger partial charge in [-0.15, -0.1) is 10.2 Å². The fourth-order valence-electron chi connectivity index (χ4n) is 4.40. The molecule has 0 aliphatic carbocycles. The van der Waals surface area contributed by atoms with Gasteiger partial charge in [0.1, 0.15) is 6.04 Å². The van der Waals surface area contributed by atoms with Crippen LogP contribution in [-0.2, 0) is 10.2 Å². The van der Waals surface area contributed by atoms with E-state index in [0.717, 1.165) is 16.7 Å². The molecule has 1 aromatic heterocycles. The highest BCUT2D eigenvalue weighted by molar-refractivity contribution is 5.95. The van der Waals surface area contributed by atoms with Crippen molar-refractivity contribution in [2.24, 2.45) is 0 Å². The third-order valence-corrected chi connectivity index (χ3v) is 6.87. The average Bonchev–Trinajstić information content (AvgIpc) is 3.50. The molecule has 1 heterocycles. The third kappa shape index (κ3) is 6.49. The number of nitrogens with one attached hydrogen (secondary N) is 1. The van der Waals surface area contributed by atoms with Crippen molar-refractivity contribution in [2.75, 3.05) is 21.3 Å². The van der Waals surface area contributed by atoms with Crippen LogP contribution in [0.5, 0.6) is 17.2 Å². The number of aromatic nitrogens is 2. The van der Waals surface area contributed by atoms with Crippen LogP contribution in [0.4, 0.5) is 0 Å². The molecule has 0 radical (unpaired) electrons. The second-order valence-electron chi connectivity index (χ2n) is 9.89. The summed E-state index contributed by atoms with van der Waals surface area (Å²) in [5, 5.41) is 20.6. The summed E-state index contributed by atoms with van der Waals surface area (Å²) >= 11 is 0. The Bertz CT molecular complexity index is 1470. The number of ether oxygens (including phenoxy) is 3. The number of carbonyl (C=O) groups excluding carboxylic acids is 1. The second-order valence-corrected chi connectivity index (χ2v) is 9.89. The van der Waals surface area contributed by atoms with Gasteiger partial charge < -0.3 is 29.1 Å². The van der Waals surface area contributed by atoms with Gasteiger partial charge in [0, 0.05) is 12.0 Å². The molecule has 0 spiro atoms. The van der Waals surface area contributed by atoms with Crippen molar-refractivity contribution in [2.45, 2.75) is 38.1 Å². The van der Waals surface area contributed by atoms with Crippen molar-refractivity contribution in [3.05, 3.63) is 89.6 Å². The molecule has 0 bridgehead atoms. The minimum atomic E-state index is -1.01. The summed E-state index contributed by atoms with van der Waals surface area (Å²) in [4.78, 5) is 24.5. The van der Waals surface area contributed by atoms with Gasteiger partial charge in [-0.3, -0.25) is 9.59 Å². The molecule has 41 heavy (non-hydrogen) atoms. The molecule has 0 saturated heterocycles. The molecule has 1 amide bonds. The number of carboxylic acid groups (broad SMARTS) is 1. The van der Waals surface area contributed by atoms with Crippen LogP contribution in [0.3, 0.4) is 0 Å². The van der Waals surface area contributed by atoms with Gasteiger partial charge in [-0.1, -0.05) is 42.5 Å². The fraction of sp³-hybridized carbons (Fsp3) is 0.290. The molecule has 0 saturated carbocycles. The topological polar surface area (TPSA) is 133 Å². The van der Waals surface area contributed by atoms with Crippen LogP contribution in [0.2, 0.25) is 0 Å². The lowest BCUT2D eigenvalue weighted by atomic mass is 9.84. The number of amides is 1. The Morgan fingerprint density at radius 3 is 2.07 bits per heavy atom. The van der Waals surface area contributed by atoms with Gasteiger partial charge in [-0.2, -0.15) is 0 Å². The number of aliphatic carboxylic acids is 1. The summed E-state index contributed by atoms with van der Waals surface area (Å²) in [5.74, 6) is 0.380. The van der Waals surface area contributed by atoms with Gasteiger partial charge in [0.2, 0.25) is 17.5 Å². The van der Waals surface area contributed by atoms with Gasteiger partial charge in [0.05, 0.1) is 26.7 Å². The molecule has 0 unspecified atom stereocenters. The lowest BCUT2D eigenvalue weighted by Gasteiger charge is -2.23. The zero-order valence-corrected chi connectivity index (χ0v) is 23.6. The molecule has 3 aromatic carbocycles. The number of carbonyl (C=O) groups is 2. The Kier molecular flexibility index (Phi) is 8.91. The van der Waals surface area contributed by atoms with Gasteiger partial charge in [0.25, 0.3) is 5.91 Å². The standard InChI is InChI=1S/C31H33N3O7/c1-31(2,22-17-24(38-3)27(40-5)25(18-22)39-4)30-34-33-29(41-30)23(15-16-26(35)36)32-28(37)21-13-11-20(12-14-21)19-9-7-6-8-10-19/h6-14,17-18,23H,15-16H2,1-5H3,(H,32,37)(H,35,36)/t23-/m0/s1. The maximum absolute atomic E-state index is 13.2. The van der Waals surface area contributed by atoms with E-state index < -0.39 is 17.4 Å². The molecule has 1 atom stereocenters. The predicted molar refractivity (Wildman–Crippen MR) is 151 cm³/mol. The summed E-state index contributed by atoms with van der Waals surface area (Å²) in [6.07, 6.45) is -0.138. The van der Waals surface area contributed by atoms with E-state index in [1.165, 1.54) is 21.3 Å². The van der Waals surface area contributed by atoms with Crippen LogP contribution >= 0.6 is 0 Å². The number of hydrogen-bond donors (Lipinski definition) is 2. The van der Waals surface area contributed by atoms with Crippen molar-refractivity contribution in [3.8, 4) is 28.4 Å². The second kappa shape index (κ2) is 12.5. The van der Waals surface area contributed by atoms with E-state index in [1.54, 1.807) is 24.3 Å². The van der Waals surface area contributed by atoms with Crippen LogP contribution in [0.25, 0.3) is 11.1 Å². The first-order valence-electron chi connectivity index (χ1n) is 13.0. The first kappa shape index (κ1) is 29.1. The molecule has 2 N–H and O–H groups in total. The Morgan fingerprint density at radius 2 is 1.51 bits per heavy atom. The molecule has 4 aromatic rings. The zero-order chi connectivity index (χ0) is 29.6. The minimum Gasteiger partial charge on any atom is -0.493 e. The normalized spacial score (nSPS) is 11.9. The Balaban J connectivity index is 1.59. The van der Waals surface area contributed by atoms with E-state index in [0.29, 0.717) is 22.8 Å². The molecule has 0 aliphatic rings. The predicted octanol–water partition coefficient (Wildman–Crippen LogP) is 5.42. The molecular weight excluding hydrogens is 526 g/mol. The fourth-order valence-corrected chi connectivity index (χ4v) is 4.40. The Hall–Kier alpha value is -4.86. The van der Waals surface area contributed by atoms with E-state index in [4.69, 9.17) is 18.6 Å². The quantitative estimate of drug-likeness (QED) is 0.233. The summed E-state index contributed by atoms with van der Waals surface area (Å²) in [6.45, 7) is 3.79. The highest BCUT2D eigenvalue weighted by Gasteiger charge is 2.33. The zero-order valence-electron chi connectivity index (χ0n) is 23.6. The van der Waals surface area contributed by atoms with Gasteiger partial charge >= 0.3 is 5.97 Å². The molecular formula is C31H33N3O7. The molecule has 10 heteroatoms. The highest BCUT2D eigenvalue weighted by atomic mass is 16.5. The van der Waals surface area contributed by atoms with Gasteiger partial charge in [0.15, 0.2) is 11.5 Å². The Morgan fingerprint density at radius 1 is 0.902 bits per heavy atom. The van der Waals surface area contributed by atoms with Crippen molar-refractivity contribution in [1.29, 1.82) is 0 Å². The molecule has 4 rings (SSSR count). The van der Waals surface area contributed by atoms with Crippen molar-refractivity contribution in [1.82, 2.24) is 15.5 Å². The van der Waals surface area contributed by atoms with Crippen LogP contribution in [0, 0.1) is 0 Å². The lowest BCUT2D eigenvalue weighted by Crippen LogP contribution is -2.29. The van der Waals surface area contributed by atoms with Crippen LogP contribution in [-0.4, -0.2) is 48.5 Å². The van der Waals surface area contributed by atoms with Gasteiger partial charge in [-0.05, 0) is 61.2 Å². The van der Waals surface area contributed by atoms with E-state index in [9.17, 15) is 14.7 Å². The Labute approximate surface area is 238 Å². The number of methoxy groups -OCH3 is 3. The lowest BCUT2D eigenvalue weighted by molar-refractivity contribution is -0.137.